The summed E-state index contributed by atoms with van der Waals surface area (Å²) in [6.45, 7) is 3.41. The van der Waals surface area contributed by atoms with E-state index in [2.05, 4.69) is 15.4 Å². The molecule has 2 heterocycles. The first-order chi connectivity index (χ1) is 17.6. The number of aromatic nitrogens is 3. The number of fused-ring (bicyclic) bond motifs is 1. The third-order valence-corrected chi connectivity index (χ3v) is 5.36. The molecule has 0 spiro atoms. The van der Waals surface area contributed by atoms with Crippen LogP contribution in [0.15, 0.2) is 66.7 Å². The molecule has 4 aromatic rings. The average molecular weight is 490 g/mol. The Bertz CT molecular complexity index is 1360. The number of rotatable bonds is 9. The first-order valence-corrected chi connectivity index (χ1v) is 11.4. The summed E-state index contributed by atoms with van der Waals surface area (Å²) in [5.41, 5.74) is 2.40. The number of carbonyl (C=O) groups excluding carboxylic acids is 1. The fourth-order valence-electron chi connectivity index (χ4n) is 3.58. The van der Waals surface area contributed by atoms with Crippen LogP contribution in [0.5, 0.6) is 17.5 Å². The summed E-state index contributed by atoms with van der Waals surface area (Å²) in [5, 5.41) is 7.33. The van der Waals surface area contributed by atoms with Gasteiger partial charge in [-0.05, 0) is 73.7 Å². The molecular formula is C26H23FN4O5. The number of halogens is 1. The molecule has 0 atom stereocenters. The summed E-state index contributed by atoms with van der Waals surface area (Å²) in [4.78, 5) is 17.0. The Morgan fingerprint density at radius 3 is 2.58 bits per heavy atom. The van der Waals surface area contributed by atoms with Crippen molar-refractivity contribution in [1.29, 1.82) is 0 Å². The van der Waals surface area contributed by atoms with Crippen LogP contribution < -0.4 is 19.5 Å². The van der Waals surface area contributed by atoms with Crippen molar-refractivity contribution in [2.24, 2.45) is 0 Å². The summed E-state index contributed by atoms with van der Waals surface area (Å²) in [5.74, 6) is 1.10. The molecule has 0 saturated carbocycles. The molecule has 0 bridgehead atoms. The molecule has 0 fully saturated rings. The van der Waals surface area contributed by atoms with E-state index < -0.39 is 5.82 Å². The summed E-state index contributed by atoms with van der Waals surface area (Å²) < 4.78 is 36.7. The predicted molar refractivity (Wildman–Crippen MR) is 129 cm³/mol. The van der Waals surface area contributed by atoms with Gasteiger partial charge < -0.3 is 24.3 Å². The highest BCUT2D eigenvalue weighted by atomic mass is 19.1. The zero-order valence-corrected chi connectivity index (χ0v) is 19.4. The molecule has 36 heavy (non-hydrogen) atoms. The van der Waals surface area contributed by atoms with Crippen LogP contribution in [0, 0.1) is 5.82 Å². The second-order valence-corrected chi connectivity index (χ2v) is 7.75. The number of ether oxygens (including phenoxy) is 4. The van der Waals surface area contributed by atoms with E-state index in [9.17, 15) is 9.18 Å². The molecule has 184 valence electrons. The van der Waals surface area contributed by atoms with Crippen LogP contribution in [0.1, 0.15) is 17.3 Å². The van der Waals surface area contributed by atoms with Crippen LogP contribution in [0.4, 0.5) is 10.1 Å². The minimum atomic E-state index is -0.400. The molecule has 0 aliphatic carbocycles. The Morgan fingerprint density at radius 2 is 1.81 bits per heavy atom. The van der Waals surface area contributed by atoms with Gasteiger partial charge in [0.25, 0.3) is 5.91 Å². The largest absolute Gasteiger partial charge is 0.460 e. The highest BCUT2D eigenvalue weighted by Crippen LogP contribution is 2.36. The first-order valence-electron chi connectivity index (χ1n) is 11.4. The fourth-order valence-corrected chi connectivity index (χ4v) is 3.58. The van der Waals surface area contributed by atoms with Gasteiger partial charge in [-0.25, -0.2) is 9.07 Å². The second-order valence-electron chi connectivity index (χ2n) is 7.75. The lowest BCUT2D eigenvalue weighted by atomic mass is 10.2. The number of nitrogens with one attached hydrogen (secondary N) is 1. The maximum atomic E-state index is 13.1. The van der Waals surface area contributed by atoms with Crippen molar-refractivity contribution in [1.82, 2.24) is 14.8 Å². The Morgan fingerprint density at radius 1 is 1.03 bits per heavy atom. The van der Waals surface area contributed by atoms with Crippen LogP contribution >= 0.6 is 0 Å². The van der Waals surface area contributed by atoms with Gasteiger partial charge in [0.05, 0.1) is 12.3 Å². The number of carbonyl (C=O) groups is 1. The minimum absolute atomic E-state index is 0.169. The summed E-state index contributed by atoms with van der Waals surface area (Å²) in [6, 6.07) is 18.2. The Balaban J connectivity index is 1.40. The van der Waals surface area contributed by atoms with Crippen LogP contribution in [-0.4, -0.2) is 47.3 Å². The summed E-state index contributed by atoms with van der Waals surface area (Å²) >= 11 is 0. The molecule has 10 heteroatoms. The van der Waals surface area contributed by atoms with Gasteiger partial charge in [0.2, 0.25) is 6.79 Å². The normalized spacial score (nSPS) is 11.9. The van der Waals surface area contributed by atoms with E-state index in [1.165, 1.54) is 24.3 Å². The third kappa shape index (κ3) is 5.13. The molecule has 1 aliphatic heterocycles. The number of anilines is 1. The predicted octanol–water partition coefficient (Wildman–Crippen LogP) is 4.47. The van der Waals surface area contributed by atoms with E-state index >= 15 is 0 Å². The van der Waals surface area contributed by atoms with Crippen molar-refractivity contribution in [3.05, 3.63) is 78.1 Å². The molecule has 1 N–H and O–H groups in total. The van der Waals surface area contributed by atoms with Crippen molar-refractivity contribution in [3.63, 3.8) is 0 Å². The summed E-state index contributed by atoms with van der Waals surface area (Å²) in [7, 11) is 0. The molecule has 0 unspecified atom stereocenters. The van der Waals surface area contributed by atoms with Gasteiger partial charge in [0, 0.05) is 23.4 Å². The van der Waals surface area contributed by atoms with Crippen molar-refractivity contribution < 1.29 is 28.1 Å². The van der Waals surface area contributed by atoms with Crippen LogP contribution in [-0.2, 0) is 4.74 Å². The zero-order valence-electron chi connectivity index (χ0n) is 19.4. The van der Waals surface area contributed by atoms with E-state index in [1.54, 1.807) is 28.9 Å². The van der Waals surface area contributed by atoms with Gasteiger partial charge in [-0.2, -0.15) is 4.98 Å². The molecule has 1 amide bonds. The average Bonchev–Trinajstić information content (AvgIpc) is 3.54. The van der Waals surface area contributed by atoms with Gasteiger partial charge in [0.15, 0.2) is 17.3 Å². The molecule has 1 aliphatic rings. The number of hydrogen-bond acceptors (Lipinski definition) is 7. The molecule has 1 aromatic heterocycles. The summed E-state index contributed by atoms with van der Waals surface area (Å²) in [6.07, 6.45) is 0. The highest BCUT2D eigenvalue weighted by molar-refractivity contribution is 6.04. The van der Waals surface area contributed by atoms with Gasteiger partial charge in [-0.15, -0.1) is 5.10 Å². The first kappa shape index (κ1) is 23.3. The van der Waals surface area contributed by atoms with Crippen LogP contribution in [0.2, 0.25) is 0 Å². The lowest BCUT2D eigenvalue weighted by molar-refractivity contribution is 0.102. The molecular weight excluding hydrogens is 467 g/mol. The number of benzene rings is 3. The lowest BCUT2D eigenvalue weighted by Gasteiger charge is -2.09. The van der Waals surface area contributed by atoms with Gasteiger partial charge in [0.1, 0.15) is 12.4 Å². The van der Waals surface area contributed by atoms with Gasteiger partial charge in [-0.1, -0.05) is 0 Å². The molecule has 5 rings (SSSR count). The molecule has 3 aromatic carbocycles. The van der Waals surface area contributed by atoms with Gasteiger partial charge in [-0.3, -0.25) is 4.79 Å². The van der Waals surface area contributed by atoms with Crippen molar-refractivity contribution >= 4 is 11.6 Å². The van der Waals surface area contributed by atoms with E-state index in [4.69, 9.17) is 18.9 Å². The quantitative estimate of drug-likeness (QED) is 0.346. The number of hydrogen-bond donors (Lipinski definition) is 1. The molecule has 0 radical (unpaired) electrons. The number of nitrogens with zero attached hydrogens (tertiary/aromatic N) is 3. The van der Waals surface area contributed by atoms with Crippen molar-refractivity contribution in [3.8, 4) is 34.6 Å². The lowest BCUT2D eigenvalue weighted by Crippen LogP contribution is -2.12. The van der Waals surface area contributed by atoms with E-state index in [-0.39, 0.29) is 18.7 Å². The Hall–Kier alpha value is -4.44. The monoisotopic (exact) mass is 490 g/mol. The third-order valence-electron chi connectivity index (χ3n) is 5.36. The highest BCUT2D eigenvalue weighted by Gasteiger charge is 2.19. The van der Waals surface area contributed by atoms with E-state index in [1.807, 2.05) is 25.1 Å². The zero-order chi connectivity index (χ0) is 24.9. The maximum Gasteiger partial charge on any atom is 0.336 e. The Labute approximate surface area is 206 Å². The minimum Gasteiger partial charge on any atom is -0.460 e. The van der Waals surface area contributed by atoms with E-state index in [0.29, 0.717) is 54.1 Å². The number of amides is 1. The molecule has 0 saturated heterocycles. The fraction of sp³-hybridized carbons (Fsp3) is 0.192. The second kappa shape index (κ2) is 10.4. The SMILES string of the molecule is CCOCCOc1nc(-c2ccc3c(c2)OCO3)n(-c2ccc(NC(=O)c3ccc(F)cc3)cc2)n1. The van der Waals surface area contributed by atoms with Crippen LogP contribution in [0.3, 0.4) is 0 Å². The van der Waals surface area contributed by atoms with E-state index in [0.717, 1.165) is 5.56 Å². The standard InChI is InChI=1S/C26H23FN4O5/c1-2-33-13-14-34-26-29-24(18-5-12-22-23(15-18)36-16-35-22)31(30-26)21-10-8-20(9-11-21)28-25(32)17-3-6-19(27)7-4-17/h3-12,15H,2,13-14,16H2,1H3,(H,28,32). The van der Waals surface area contributed by atoms with Crippen molar-refractivity contribution in [2.75, 3.05) is 31.9 Å². The van der Waals surface area contributed by atoms with Gasteiger partial charge >= 0.3 is 6.01 Å². The molecule has 9 nitrogen and oxygen atoms in total. The topological polar surface area (TPSA) is 96.7 Å². The van der Waals surface area contributed by atoms with Crippen molar-refractivity contribution in [2.45, 2.75) is 6.92 Å². The smallest absolute Gasteiger partial charge is 0.336 e. The Kier molecular flexibility index (Phi) is 6.76. The van der Waals surface area contributed by atoms with Crippen LogP contribution in [0.25, 0.3) is 17.1 Å². The maximum absolute atomic E-state index is 13.1.